The number of benzene rings is 3. The van der Waals surface area contributed by atoms with Gasteiger partial charge in [-0.2, -0.15) is 5.26 Å². The predicted molar refractivity (Wildman–Crippen MR) is 146 cm³/mol. The van der Waals surface area contributed by atoms with Crippen LogP contribution in [0.25, 0.3) is 0 Å². The smallest absolute Gasteiger partial charge is 0.306 e. The molecule has 0 aromatic heterocycles. The van der Waals surface area contributed by atoms with Crippen LogP contribution in [-0.4, -0.2) is 49.0 Å². The van der Waals surface area contributed by atoms with Gasteiger partial charge in [-0.15, -0.1) is 0 Å². The summed E-state index contributed by atoms with van der Waals surface area (Å²) in [5.41, 5.74) is 2.76. The largest absolute Gasteiger partial charge is 0.491 e. The van der Waals surface area contributed by atoms with E-state index in [2.05, 4.69) is 17.4 Å². The van der Waals surface area contributed by atoms with E-state index in [0.29, 0.717) is 42.1 Å². The zero-order valence-electron chi connectivity index (χ0n) is 21.8. The molecule has 8 nitrogen and oxygen atoms in total. The maximum Gasteiger partial charge on any atom is 0.306 e. The third-order valence-electron chi connectivity index (χ3n) is 6.81. The van der Waals surface area contributed by atoms with Crippen LogP contribution in [0.5, 0.6) is 5.75 Å². The second-order valence-electron chi connectivity index (χ2n) is 9.47. The number of hydrogen-bond acceptors (Lipinski definition) is 6. The summed E-state index contributed by atoms with van der Waals surface area (Å²) in [5.74, 6) is -0.511. The number of carbonyl (C=O) groups is 3. The van der Waals surface area contributed by atoms with Gasteiger partial charge in [0.25, 0.3) is 5.91 Å². The molecule has 3 aromatic rings. The summed E-state index contributed by atoms with van der Waals surface area (Å²) in [6.07, 6.45) is 2.26. The number of aryl methyl sites for hydroxylation is 1. The molecular weight excluding hydrogens is 494 g/mol. The molecule has 0 spiro atoms. The van der Waals surface area contributed by atoms with Crippen molar-refractivity contribution >= 4 is 23.5 Å². The molecule has 2 atom stereocenters. The Morgan fingerprint density at radius 1 is 1.03 bits per heavy atom. The van der Waals surface area contributed by atoms with Crippen molar-refractivity contribution in [3.8, 4) is 11.8 Å². The maximum atomic E-state index is 13.1. The number of nitrogens with zero attached hydrogens (tertiary/aromatic N) is 2. The van der Waals surface area contributed by atoms with Gasteiger partial charge in [0.1, 0.15) is 12.4 Å². The number of amides is 2. The van der Waals surface area contributed by atoms with Crippen LogP contribution in [0.3, 0.4) is 0 Å². The second kappa shape index (κ2) is 13.2. The summed E-state index contributed by atoms with van der Waals surface area (Å²) in [6.45, 7) is 0.880. The maximum absolute atomic E-state index is 13.1. The minimum absolute atomic E-state index is 0.0390. The first kappa shape index (κ1) is 27.4. The number of nitriles is 1. The average Bonchev–Trinajstić information content (AvgIpc) is 3.26. The monoisotopic (exact) mass is 525 g/mol. The second-order valence-corrected chi connectivity index (χ2v) is 9.47. The SMILES string of the molecule is COC(=O)C[C@@H]1C[C@@H](COc2ccc(NC(=O)c3ccc(C#N)cc3)cc2)N(CCCc2ccccc2)C1=O. The predicted octanol–water partition coefficient (Wildman–Crippen LogP) is 4.60. The highest BCUT2D eigenvalue weighted by atomic mass is 16.5. The van der Waals surface area contributed by atoms with Gasteiger partial charge in [-0.3, -0.25) is 14.4 Å². The van der Waals surface area contributed by atoms with Gasteiger partial charge < -0.3 is 19.7 Å². The zero-order chi connectivity index (χ0) is 27.6. The molecule has 1 aliphatic heterocycles. The fourth-order valence-corrected chi connectivity index (χ4v) is 4.70. The molecule has 1 heterocycles. The first-order valence-corrected chi connectivity index (χ1v) is 12.9. The molecule has 0 aliphatic carbocycles. The number of rotatable bonds is 11. The minimum Gasteiger partial charge on any atom is -0.491 e. The Morgan fingerprint density at radius 2 is 1.74 bits per heavy atom. The molecule has 8 heteroatoms. The molecule has 1 aliphatic rings. The Morgan fingerprint density at radius 3 is 2.41 bits per heavy atom. The number of carbonyl (C=O) groups excluding carboxylic acids is 3. The molecule has 0 saturated carbocycles. The van der Waals surface area contributed by atoms with E-state index in [1.165, 1.54) is 12.7 Å². The molecule has 1 N–H and O–H groups in total. The van der Waals surface area contributed by atoms with Crippen LogP contribution in [-0.2, 0) is 20.7 Å². The number of nitrogens with one attached hydrogen (secondary N) is 1. The Hall–Kier alpha value is -4.64. The summed E-state index contributed by atoms with van der Waals surface area (Å²) < 4.78 is 10.8. The van der Waals surface area contributed by atoms with Gasteiger partial charge in [0.2, 0.25) is 5.91 Å². The van der Waals surface area contributed by atoms with Crippen molar-refractivity contribution < 1.29 is 23.9 Å². The van der Waals surface area contributed by atoms with Crippen molar-refractivity contribution in [2.24, 2.45) is 5.92 Å². The Balaban J connectivity index is 1.34. The molecule has 0 bridgehead atoms. The zero-order valence-corrected chi connectivity index (χ0v) is 21.8. The van der Waals surface area contributed by atoms with E-state index in [9.17, 15) is 14.4 Å². The third-order valence-corrected chi connectivity index (χ3v) is 6.81. The van der Waals surface area contributed by atoms with Crippen LogP contribution in [0, 0.1) is 17.2 Å². The van der Waals surface area contributed by atoms with Gasteiger partial charge in [0.05, 0.1) is 37.1 Å². The van der Waals surface area contributed by atoms with Crippen molar-refractivity contribution in [2.75, 3.05) is 25.6 Å². The molecule has 0 unspecified atom stereocenters. The topological polar surface area (TPSA) is 109 Å². The summed E-state index contributed by atoms with van der Waals surface area (Å²) in [5, 5.41) is 11.7. The van der Waals surface area contributed by atoms with Crippen molar-refractivity contribution in [3.63, 3.8) is 0 Å². The highest BCUT2D eigenvalue weighted by Gasteiger charge is 2.40. The molecule has 39 heavy (non-hydrogen) atoms. The number of anilines is 1. The first-order valence-electron chi connectivity index (χ1n) is 12.9. The molecule has 1 saturated heterocycles. The fourth-order valence-electron chi connectivity index (χ4n) is 4.70. The standard InChI is InChI=1S/C31H31N3O5/c1-38-29(35)19-25-18-27(34(31(25)37)17-5-8-22-6-3-2-4-7-22)21-39-28-15-13-26(14-16-28)33-30(36)24-11-9-23(20-32)10-12-24/h2-4,6-7,9-16,25,27H,5,8,17-19,21H2,1H3,(H,33,36)/t25-,27-/m0/s1. The Labute approximate surface area is 228 Å². The summed E-state index contributed by atoms with van der Waals surface area (Å²) in [4.78, 5) is 39.3. The number of ether oxygens (including phenoxy) is 2. The van der Waals surface area contributed by atoms with Crippen LogP contribution < -0.4 is 10.1 Å². The van der Waals surface area contributed by atoms with Crippen molar-refractivity contribution in [3.05, 3.63) is 95.6 Å². The summed E-state index contributed by atoms with van der Waals surface area (Å²) >= 11 is 0. The highest BCUT2D eigenvalue weighted by Crippen LogP contribution is 2.29. The normalized spacial score (nSPS) is 16.4. The number of hydrogen-bond donors (Lipinski definition) is 1. The molecule has 200 valence electrons. The fraction of sp³-hybridized carbons (Fsp3) is 0.290. The Kier molecular flexibility index (Phi) is 9.30. The quantitative estimate of drug-likeness (QED) is 0.367. The molecule has 0 radical (unpaired) electrons. The van der Waals surface area contributed by atoms with Gasteiger partial charge in [-0.1, -0.05) is 30.3 Å². The lowest BCUT2D eigenvalue weighted by molar-refractivity contribution is -0.144. The van der Waals surface area contributed by atoms with E-state index in [0.717, 1.165) is 12.8 Å². The number of esters is 1. The van der Waals surface area contributed by atoms with E-state index in [1.807, 2.05) is 29.2 Å². The minimum atomic E-state index is -0.414. The van der Waals surface area contributed by atoms with Gasteiger partial charge in [-0.05, 0) is 73.4 Å². The van der Waals surface area contributed by atoms with Crippen LogP contribution in [0.15, 0.2) is 78.9 Å². The Bertz CT molecular complexity index is 1320. The molecular formula is C31H31N3O5. The van der Waals surface area contributed by atoms with Crippen LogP contribution in [0.4, 0.5) is 5.69 Å². The van der Waals surface area contributed by atoms with Crippen LogP contribution in [0.1, 0.15) is 40.7 Å². The van der Waals surface area contributed by atoms with Crippen LogP contribution >= 0.6 is 0 Å². The van der Waals surface area contributed by atoms with Gasteiger partial charge in [0, 0.05) is 17.8 Å². The summed E-state index contributed by atoms with van der Waals surface area (Å²) in [6, 6.07) is 25.4. The number of methoxy groups -OCH3 is 1. The average molecular weight is 526 g/mol. The highest BCUT2D eigenvalue weighted by molar-refractivity contribution is 6.04. The lowest BCUT2D eigenvalue weighted by Gasteiger charge is -2.25. The molecule has 1 fully saturated rings. The lowest BCUT2D eigenvalue weighted by Crippen LogP contribution is -2.38. The van der Waals surface area contributed by atoms with Crippen molar-refractivity contribution in [2.45, 2.75) is 31.7 Å². The van der Waals surface area contributed by atoms with E-state index in [1.54, 1.807) is 48.5 Å². The van der Waals surface area contributed by atoms with Crippen molar-refractivity contribution in [1.29, 1.82) is 5.26 Å². The van der Waals surface area contributed by atoms with Gasteiger partial charge in [0.15, 0.2) is 0 Å². The number of likely N-dealkylation sites (tertiary alicyclic amines) is 1. The van der Waals surface area contributed by atoms with Gasteiger partial charge in [-0.25, -0.2) is 0 Å². The molecule has 3 aromatic carbocycles. The van der Waals surface area contributed by atoms with E-state index in [4.69, 9.17) is 14.7 Å². The van der Waals surface area contributed by atoms with E-state index < -0.39 is 11.9 Å². The third kappa shape index (κ3) is 7.45. The van der Waals surface area contributed by atoms with Crippen molar-refractivity contribution in [1.82, 2.24) is 4.90 Å². The lowest BCUT2D eigenvalue weighted by atomic mass is 10.0. The molecule has 2 amide bonds. The molecule has 4 rings (SSSR count). The van der Waals surface area contributed by atoms with Gasteiger partial charge >= 0.3 is 5.97 Å². The van der Waals surface area contributed by atoms with Crippen LogP contribution in [0.2, 0.25) is 0 Å². The van der Waals surface area contributed by atoms with E-state index >= 15 is 0 Å². The summed E-state index contributed by atoms with van der Waals surface area (Å²) in [7, 11) is 1.33. The first-order chi connectivity index (χ1) is 19.0. The van der Waals surface area contributed by atoms with E-state index in [-0.39, 0.29) is 24.3 Å².